The van der Waals surface area contributed by atoms with Gasteiger partial charge in [0.05, 0.1) is 4.90 Å². The quantitative estimate of drug-likeness (QED) is 0.921. The number of hydrogen-bond donors (Lipinski definition) is 1. The van der Waals surface area contributed by atoms with Gasteiger partial charge in [-0.05, 0) is 56.2 Å². The van der Waals surface area contributed by atoms with Gasteiger partial charge in [-0.15, -0.1) is 0 Å². The largest absolute Gasteiger partial charge is 0.371 e. The molecule has 1 fully saturated rings. The van der Waals surface area contributed by atoms with Crippen LogP contribution in [-0.2, 0) is 10.0 Å². The first kappa shape index (κ1) is 16.9. The average Bonchev–Trinajstić information content (AvgIpc) is 2.55. The first-order valence-corrected chi connectivity index (χ1v) is 9.38. The predicted molar refractivity (Wildman–Crippen MR) is 90.9 cm³/mol. The van der Waals surface area contributed by atoms with Crippen LogP contribution in [0.2, 0.25) is 0 Å². The molecule has 0 radical (unpaired) electrons. The Bertz CT molecular complexity index is 801. The molecular weight excluding hydrogens is 329 g/mol. The second-order valence-electron chi connectivity index (χ2n) is 5.99. The first-order chi connectivity index (χ1) is 11.4. The average molecular weight is 349 g/mol. The maximum absolute atomic E-state index is 12.9. The van der Waals surface area contributed by atoms with E-state index < -0.39 is 15.8 Å². The van der Waals surface area contributed by atoms with Crippen LogP contribution in [0.3, 0.4) is 0 Å². The second kappa shape index (κ2) is 6.86. The highest BCUT2D eigenvalue weighted by atomic mass is 32.2. The minimum Gasteiger partial charge on any atom is -0.371 e. The Morgan fingerprint density at radius 1 is 1.17 bits per heavy atom. The van der Waals surface area contributed by atoms with Crippen molar-refractivity contribution in [1.29, 1.82) is 0 Å². The Balaban J connectivity index is 1.62. The normalized spacial score (nSPS) is 16.3. The number of aromatic nitrogens is 1. The summed E-state index contributed by atoms with van der Waals surface area (Å²) in [6.07, 6.45) is 3.23. The molecule has 1 aliphatic rings. The molecule has 0 unspecified atom stereocenters. The van der Waals surface area contributed by atoms with E-state index in [4.69, 9.17) is 0 Å². The third-order valence-electron chi connectivity index (χ3n) is 4.19. The number of piperidine rings is 1. The molecular formula is C17H20FN3O2S. The fraction of sp³-hybridized carbons (Fsp3) is 0.353. The third kappa shape index (κ3) is 3.91. The molecule has 1 aromatic carbocycles. The molecule has 3 rings (SSSR count). The van der Waals surface area contributed by atoms with Crippen molar-refractivity contribution in [3.05, 3.63) is 54.1 Å². The van der Waals surface area contributed by atoms with E-state index in [9.17, 15) is 12.8 Å². The number of anilines is 1. The topological polar surface area (TPSA) is 62.3 Å². The van der Waals surface area contributed by atoms with Crippen molar-refractivity contribution in [2.75, 3.05) is 18.0 Å². The van der Waals surface area contributed by atoms with E-state index in [1.807, 2.05) is 19.1 Å². The van der Waals surface area contributed by atoms with E-state index in [2.05, 4.69) is 14.6 Å². The van der Waals surface area contributed by atoms with Crippen LogP contribution in [0.4, 0.5) is 10.1 Å². The van der Waals surface area contributed by atoms with Crippen molar-refractivity contribution in [3.8, 4) is 0 Å². The summed E-state index contributed by atoms with van der Waals surface area (Å²) in [6, 6.07) is 8.77. The molecule has 7 heteroatoms. The number of sulfonamides is 1. The predicted octanol–water partition coefficient (Wildman–Crippen LogP) is 2.48. The van der Waals surface area contributed by atoms with Crippen LogP contribution < -0.4 is 9.62 Å². The van der Waals surface area contributed by atoms with Crippen molar-refractivity contribution >= 4 is 15.7 Å². The van der Waals surface area contributed by atoms with Crippen LogP contribution in [0.5, 0.6) is 0 Å². The fourth-order valence-corrected chi connectivity index (χ4v) is 4.19. The molecule has 0 bridgehead atoms. The summed E-state index contributed by atoms with van der Waals surface area (Å²) >= 11 is 0. The molecule has 1 N–H and O–H groups in total. The number of aryl methyl sites for hydroxylation is 1. The Morgan fingerprint density at radius 3 is 2.46 bits per heavy atom. The van der Waals surface area contributed by atoms with Gasteiger partial charge in [-0.1, -0.05) is 0 Å². The van der Waals surface area contributed by atoms with E-state index in [-0.39, 0.29) is 10.9 Å². The summed E-state index contributed by atoms with van der Waals surface area (Å²) in [5.41, 5.74) is 2.08. The Hall–Kier alpha value is -1.99. The maximum Gasteiger partial charge on any atom is 0.240 e. The Labute approximate surface area is 141 Å². The van der Waals surface area contributed by atoms with Gasteiger partial charge in [0.1, 0.15) is 5.82 Å². The fourth-order valence-electron chi connectivity index (χ4n) is 2.88. The summed E-state index contributed by atoms with van der Waals surface area (Å²) < 4.78 is 40.4. The maximum atomic E-state index is 12.9. The molecule has 2 aromatic rings. The van der Waals surface area contributed by atoms with Gasteiger partial charge in [-0.25, -0.2) is 17.5 Å². The van der Waals surface area contributed by atoms with E-state index in [0.717, 1.165) is 49.4 Å². The lowest BCUT2D eigenvalue weighted by molar-refractivity contribution is 0.460. The molecule has 0 amide bonds. The van der Waals surface area contributed by atoms with Gasteiger partial charge in [0.25, 0.3) is 0 Å². The zero-order valence-corrected chi connectivity index (χ0v) is 14.3. The zero-order valence-electron chi connectivity index (χ0n) is 13.4. The van der Waals surface area contributed by atoms with Gasteiger partial charge >= 0.3 is 0 Å². The van der Waals surface area contributed by atoms with Crippen LogP contribution in [0, 0.1) is 12.7 Å². The molecule has 1 saturated heterocycles. The number of halogens is 1. The van der Waals surface area contributed by atoms with Crippen LogP contribution in [0.1, 0.15) is 18.5 Å². The third-order valence-corrected chi connectivity index (χ3v) is 5.72. The number of nitrogens with one attached hydrogen (secondary N) is 1. The molecule has 0 aliphatic carbocycles. The molecule has 2 heterocycles. The number of hydrogen-bond acceptors (Lipinski definition) is 4. The van der Waals surface area contributed by atoms with Gasteiger partial charge < -0.3 is 4.90 Å². The molecule has 24 heavy (non-hydrogen) atoms. The van der Waals surface area contributed by atoms with Crippen LogP contribution in [-0.4, -0.2) is 32.5 Å². The standard InChI is InChI=1S/C17H20FN3O2S/c1-13-12-16(6-9-19-13)21-10-7-15(8-11-21)20-24(22,23)17-4-2-14(18)3-5-17/h2-6,9,12,15,20H,7-8,10-11H2,1H3. The van der Waals surface area contributed by atoms with Crippen LogP contribution in [0.25, 0.3) is 0 Å². The van der Waals surface area contributed by atoms with Crippen LogP contribution >= 0.6 is 0 Å². The number of nitrogens with zero attached hydrogens (tertiary/aromatic N) is 2. The lowest BCUT2D eigenvalue weighted by atomic mass is 10.1. The summed E-state index contributed by atoms with van der Waals surface area (Å²) in [5.74, 6) is -0.449. The molecule has 1 aromatic heterocycles. The van der Waals surface area contributed by atoms with Gasteiger partial charge in [-0.3, -0.25) is 4.98 Å². The summed E-state index contributed by atoms with van der Waals surface area (Å²) in [5, 5.41) is 0. The Morgan fingerprint density at radius 2 is 1.83 bits per heavy atom. The molecule has 0 saturated carbocycles. The lowest BCUT2D eigenvalue weighted by Crippen LogP contribution is -2.44. The summed E-state index contributed by atoms with van der Waals surface area (Å²) in [6.45, 7) is 3.51. The summed E-state index contributed by atoms with van der Waals surface area (Å²) in [4.78, 5) is 6.52. The Kier molecular flexibility index (Phi) is 4.82. The molecule has 128 valence electrons. The highest BCUT2D eigenvalue weighted by Crippen LogP contribution is 2.21. The van der Waals surface area contributed by atoms with Crippen molar-refractivity contribution in [3.63, 3.8) is 0 Å². The molecule has 0 atom stereocenters. The van der Waals surface area contributed by atoms with Crippen molar-refractivity contribution < 1.29 is 12.8 Å². The van der Waals surface area contributed by atoms with Crippen molar-refractivity contribution in [2.24, 2.45) is 0 Å². The van der Waals surface area contributed by atoms with Crippen molar-refractivity contribution in [1.82, 2.24) is 9.71 Å². The van der Waals surface area contributed by atoms with E-state index in [1.54, 1.807) is 6.20 Å². The smallest absolute Gasteiger partial charge is 0.240 e. The second-order valence-corrected chi connectivity index (χ2v) is 7.71. The van der Waals surface area contributed by atoms with E-state index in [1.165, 1.54) is 12.1 Å². The monoisotopic (exact) mass is 349 g/mol. The minimum atomic E-state index is -3.61. The van der Waals surface area contributed by atoms with Gasteiger partial charge in [0.15, 0.2) is 0 Å². The highest BCUT2D eigenvalue weighted by Gasteiger charge is 2.24. The lowest BCUT2D eigenvalue weighted by Gasteiger charge is -2.33. The van der Waals surface area contributed by atoms with Crippen molar-refractivity contribution in [2.45, 2.75) is 30.7 Å². The zero-order chi connectivity index (χ0) is 17.2. The molecule has 5 nitrogen and oxygen atoms in total. The highest BCUT2D eigenvalue weighted by molar-refractivity contribution is 7.89. The van der Waals surface area contributed by atoms with E-state index >= 15 is 0 Å². The number of benzene rings is 1. The summed E-state index contributed by atoms with van der Waals surface area (Å²) in [7, 11) is -3.61. The molecule has 1 aliphatic heterocycles. The molecule has 0 spiro atoms. The van der Waals surface area contributed by atoms with Gasteiger partial charge in [0.2, 0.25) is 10.0 Å². The van der Waals surface area contributed by atoms with Gasteiger partial charge in [-0.2, -0.15) is 0 Å². The SMILES string of the molecule is Cc1cc(N2CCC(NS(=O)(=O)c3ccc(F)cc3)CC2)ccn1. The minimum absolute atomic E-state index is 0.0936. The van der Waals surface area contributed by atoms with Crippen LogP contribution in [0.15, 0.2) is 47.5 Å². The number of rotatable bonds is 4. The van der Waals surface area contributed by atoms with E-state index in [0.29, 0.717) is 0 Å². The van der Waals surface area contributed by atoms with Gasteiger partial charge in [0, 0.05) is 36.7 Å². The first-order valence-electron chi connectivity index (χ1n) is 7.89. The number of pyridine rings is 1.